The zero-order valence-corrected chi connectivity index (χ0v) is 11.5. The van der Waals surface area contributed by atoms with Gasteiger partial charge in [-0.25, -0.2) is 0 Å². The molecule has 0 radical (unpaired) electrons. The Balaban J connectivity index is 2.05. The van der Waals surface area contributed by atoms with Gasteiger partial charge in [0, 0.05) is 5.56 Å². The predicted molar refractivity (Wildman–Crippen MR) is 77.2 cm³/mol. The van der Waals surface area contributed by atoms with Gasteiger partial charge < -0.3 is 9.84 Å². The molecule has 0 aliphatic heterocycles. The normalized spacial score (nSPS) is 12.2. The van der Waals surface area contributed by atoms with Crippen LogP contribution in [0.3, 0.4) is 0 Å². The van der Waals surface area contributed by atoms with Crippen molar-refractivity contribution in [1.29, 1.82) is 0 Å². The van der Waals surface area contributed by atoms with Gasteiger partial charge in [-0.1, -0.05) is 49.4 Å². The van der Waals surface area contributed by atoms with Gasteiger partial charge in [0.1, 0.15) is 12.4 Å². The van der Waals surface area contributed by atoms with E-state index in [0.29, 0.717) is 6.61 Å². The predicted octanol–water partition coefficient (Wildman–Crippen LogP) is 3.88. The van der Waals surface area contributed by atoms with Crippen molar-refractivity contribution >= 4 is 0 Å². The van der Waals surface area contributed by atoms with Gasteiger partial charge in [-0.05, 0) is 30.5 Å². The molecule has 19 heavy (non-hydrogen) atoms. The van der Waals surface area contributed by atoms with Gasteiger partial charge in [-0.15, -0.1) is 0 Å². The molecule has 0 aliphatic rings. The average molecular weight is 256 g/mol. The zero-order chi connectivity index (χ0) is 13.7. The van der Waals surface area contributed by atoms with E-state index >= 15 is 0 Å². The minimum absolute atomic E-state index is 0.515. The summed E-state index contributed by atoms with van der Waals surface area (Å²) in [7, 11) is 0. The Morgan fingerprint density at radius 3 is 2.26 bits per heavy atom. The summed E-state index contributed by atoms with van der Waals surface area (Å²) in [6.07, 6.45) is 0.532. The van der Waals surface area contributed by atoms with Crippen LogP contribution in [0.5, 0.6) is 5.75 Å². The molecule has 0 spiro atoms. The van der Waals surface area contributed by atoms with Crippen LogP contribution < -0.4 is 4.74 Å². The van der Waals surface area contributed by atoms with Crippen molar-refractivity contribution in [2.75, 3.05) is 0 Å². The summed E-state index contributed by atoms with van der Waals surface area (Å²) in [6.45, 7) is 4.41. The molecule has 0 heterocycles. The summed E-state index contributed by atoms with van der Waals surface area (Å²) in [5.41, 5.74) is 3.29. The molecular weight excluding hydrogens is 236 g/mol. The third-order valence-corrected chi connectivity index (χ3v) is 3.19. The lowest BCUT2D eigenvalue weighted by Crippen LogP contribution is -2.00. The summed E-state index contributed by atoms with van der Waals surface area (Å²) in [5.74, 6) is 0.747. The fourth-order valence-corrected chi connectivity index (χ4v) is 1.99. The molecule has 100 valence electrons. The Hall–Kier alpha value is -1.80. The molecule has 2 aromatic carbocycles. The van der Waals surface area contributed by atoms with E-state index in [0.717, 1.165) is 23.3 Å². The maximum absolute atomic E-state index is 9.69. The van der Waals surface area contributed by atoms with Gasteiger partial charge in [0.15, 0.2) is 0 Å². The number of benzene rings is 2. The summed E-state index contributed by atoms with van der Waals surface area (Å²) in [6, 6.07) is 16.0. The molecule has 0 aromatic heterocycles. The van der Waals surface area contributed by atoms with Gasteiger partial charge in [0.05, 0.1) is 6.10 Å². The van der Waals surface area contributed by atoms with E-state index in [4.69, 9.17) is 4.74 Å². The SMILES string of the molecule is CCc1ccc(COc2ccccc2[C@@H](C)O)cc1. The molecule has 2 aromatic rings. The quantitative estimate of drug-likeness (QED) is 0.879. The zero-order valence-electron chi connectivity index (χ0n) is 11.5. The number of ether oxygens (including phenoxy) is 1. The highest BCUT2D eigenvalue weighted by molar-refractivity contribution is 5.35. The molecule has 2 rings (SSSR count). The van der Waals surface area contributed by atoms with Crippen LogP contribution >= 0.6 is 0 Å². The van der Waals surface area contributed by atoms with E-state index in [9.17, 15) is 5.11 Å². The molecule has 2 nitrogen and oxygen atoms in total. The average Bonchev–Trinajstić information content (AvgIpc) is 2.46. The second-order valence-electron chi connectivity index (χ2n) is 4.67. The Morgan fingerprint density at radius 1 is 1.00 bits per heavy atom. The van der Waals surface area contributed by atoms with E-state index in [2.05, 4.69) is 31.2 Å². The second-order valence-corrected chi connectivity index (χ2v) is 4.67. The number of rotatable bonds is 5. The molecule has 0 amide bonds. The maximum atomic E-state index is 9.69. The number of hydrogen-bond donors (Lipinski definition) is 1. The van der Waals surface area contributed by atoms with Crippen molar-refractivity contribution in [3.05, 3.63) is 65.2 Å². The third-order valence-electron chi connectivity index (χ3n) is 3.19. The first-order valence-corrected chi connectivity index (χ1v) is 6.68. The number of hydrogen-bond acceptors (Lipinski definition) is 2. The van der Waals surface area contributed by atoms with E-state index < -0.39 is 6.10 Å². The third kappa shape index (κ3) is 3.58. The first-order chi connectivity index (χ1) is 9.20. The van der Waals surface area contributed by atoms with Crippen LogP contribution in [0.4, 0.5) is 0 Å². The summed E-state index contributed by atoms with van der Waals surface area (Å²) < 4.78 is 5.80. The summed E-state index contributed by atoms with van der Waals surface area (Å²) in [5, 5.41) is 9.69. The highest BCUT2D eigenvalue weighted by atomic mass is 16.5. The number of aliphatic hydroxyl groups excluding tert-OH is 1. The van der Waals surface area contributed by atoms with Crippen molar-refractivity contribution in [2.24, 2.45) is 0 Å². The molecule has 0 fully saturated rings. The molecule has 2 heteroatoms. The summed E-state index contributed by atoms with van der Waals surface area (Å²) >= 11 is 0. The molecule has 0 aliphatic carbocycles. The fourth-order valence-electron chi connectivity index (χ4n) is 1.99. The van der Waals surface area contributed by atoms with Crippen LogP contribution in [0, 0.1) is 0 Å². The van der Waals surface area contributed by atoms with Gasteiger partial charge in [0.25, 0.3) is 0 Å². The topological polar surface area (TPSA) is 29.5 Å². The number of para-hydroxylation sites is 1. The first kappa shape index (κ1) is 13.6. The molecular formula is C17H20O2. The highest BCUT2D eigenvalue weighted by Crippen LogP contribution is 2.25. The minimum atomic E-state index is -0.515. The lowest BCUT2D eigenvalue weighted by atomic mass is 10.1. The number of aryl methyl sites for hydroxylation is 1. The van der Waals surface area contributed by atoms with Crippen LogP contribution in [-0.4, -0.2) is 5.11 Å². The first-order valence-electron chi connectivity index (χ1n) is 6.68. The van der Waals surface area contributed by atoms with E-state index in [-0.39, 0.29) is 0 Å². The molecule has 1 N–H and O–H groups in total. The van der Waals surface area contributed by atoms with Gasteiger partial charge in [0.2, 0.25) is 0 Å². The largest absolute Gasteiger partial charge is 0.489 e. The van der Waals surface area contributed by atoms with Crippen LogP contribution in [0.25, 0.3) is 0 Å². The second kappa shape index (κ2) is 6.39. The van der Waals surface area contributed by atoms with Crippen LogP contribution in [0.15, 0.2) is 48.5 Å². The van der Waals surface area contributed by atoms with Gasteiger partial charge >= 0.3 is 0 Å². The number of aliphatic hydroxyl groups is 1. The van der Waals surface area contributed by atoms with Crippen molar-refractivity contribution in [2.45, 2.75) is 33.0 Å². The van der Waals surface area contributed by atoms with Crippen molar-refractivity contribution in [3.8, 4) is 5.75 Å². The molecule has 0 bridgehead atoms. The van der Waals surface area contributed by atoms with Crippen LogP contribution in [-0.2, 0) is 13.0 Å². The van der Waals surface area contributed by atoms with Crippen molar-refractivity contribution in [1.82, 2.24) is 0 Å². The minimum Gasteiger partial charge on any atom is -0.489 e. The molecule has 0 saturated carbocycles. The molecule has 0 unspecified atom stereocenters. The van der Waals surface area contributed by atoms with E-state index in [1.807, 2.05) is 24.3 Å². The molecule has 0 saturated heterocycles. The Bertz CT molecular complexity index is 515. The monoisotopic (exact) mass is 256 g/mol. The Morgan fingerprint density at radius 2 is 1.63 bits per heavy atom. The van der Waals surface area contributed by atoms with Crippen molar-refractivity contribution < 1.29 is 9.84 Å². The van der Waals surface area contributed by atoms with Gasteiger partial charge in [-0.3, -0.25) is 0 Å². The van der Waals surface area contributed by atoms with Crippen molar-refractivity contribution in [3.63, 3.8) is 0 Å². The smallest absolute Gasteiger partial charge is 0.125 e. The summed E-state index contributed by atoms with van der Waals surface area (Å²) in [4.78, 5) is 0. The maximum Gasteiger partial charge on any atom is 0.125 e. The lowest BCUT2D eigenvalue weighted by molar-refractivity contribution is 0.190. The molecule has 1 atom stereocenters. The van der Waals surface area contributed by atoms with Gasteiger partial charge in [-0.2, -0.15) is 0 Å². The Labute approximate surface area is 114 Å². The standard InChI is InChI=1S/C17H20O2/c1-3-14-8-10-15(11-9-14)12-19-17-7-5-4-6-16(17)13(2)18/h4-11,13,18H,3,12H2,1-2H3/t13-/m1/s1. The highest BCUT2D eigenvalue weighted by Gasteiger charge is 2.08. The van der Waals surface area contributed by atoms with Crippen LogP contribution in [0.2, 0.25) is 0 Å². The van der Waals surface area contributed by atoms with E-state index in [1.54, 1.807) is 6.92 Å². The lowest BCUT2D eigenvalue weighted by Gasteiger charge is -2.13. The fraction of sp³-hybridized carbons (Fsp3) is 0.294. The Kier molecular flexibility index (Phi) is 4.58. The van der Waals surface area contributed by atoms with E-state index in [1.165, 1.54) is 5.56 Å². The van der Waals surface area contributed by atoms with Crippen LogP contribution in [0.1, 0.15) is 36.6 Å².